The van der Waals surface area contributed by atoms with E-state index < -0.39 is 8.80 Å². The van der Waals surface area contributed by atoms with Crippen LogP contribution in [0, 0.1) is 0 Å². The van der Waals surface area contributed by atoms with Gasteiger partial charge in [-0.05, 0) is 6.42 Å². The first-order chi connectivity index (χ1) is 8.79. The molecule has 0 aliphatic heterocycles. The molecule has 0 heterocycles. The van der Waals surface area contributed by atoms with E-state index in [2.05, 4.69) is 44.6 Å². The maximum absolute atomic E-state index is 4.62. The van der Waals surface area contributed by atoms with Gasteiger partial charge in [0.25, 0.3) is 0 Å². The molecule has 0 spiro atoms. The lowest BCUT2D eigenvalue weighted by molar-refractivity contribution is 0.612. The predicted molar refractivity (Wildman–Crippen MR) is 88.8 cm³/mol. The Morgan fingerprint density at radius 2 is 1.61 bits per heavy atom. The summed E-state index contributed by atoms with van der Waals surface area (Å²) >= 11 is 0. The largest absolute Gasteiger partial charge is 0.297 e. The molecule has 0 amide bonds. The number of hydrogen-bond donors (Lipinski definition) is 0. The van der Waals surface area contributed by atoms with E-state index in [9.17, 15) is 0 Å². The standard InChI is InChI=1S/C16H33NSi/c1-5-9-10-11-12-13-14-17-15-16(6-2)18(7-3)8-4/h6,15-16,18H,2,5,7-14H2,1,3-4H3. The van der Waals surface area contributed by atoms with Crippen molar-refractivity contribution < 1.29 is 0 Å². The fraction of sp³-hybridized carbons (Fsp3) is 0.812. The molecule has 1 unspecified atom stereocenters. The minimum Gasteiger partial charge on any atom is -0.297 e. The molecule has 0 N–H and O–H groups in total. The Kier molecular flexibility index (Phi) is 12.8. The summed E-state index contributed by atoms with van der Waals surface area (Å²) in [5.74, 6) is 0. The first kappa shape index (κ1) is 17.6. The molecule has 0 fully saturated rings. The molecule has 0 aromatic rings. The topological polar surface area (TPSA) is 12.4 Å². The summed E-state index contributed by atoms with van der Waals surface area (Å²) in [7, 11) is -0.649. The molecule has 1 atom stereocenters. The van der Waals surface area contributed by atoms with E-state index in [-0.39, 0.29) is 0 Å². The minimum atomic E-state index is -0.649. The van der Waals surface area contributed by atoms with Gasteiger partial charge in [0.2, 0.25) is 0 Å². The molecule has 2 heteroatoms. The van der Waals surface area contributed by atoms with Crippen LogP contribution in [0.2, 0.25) is 17.6 Å². The Morgan fingerprint density at radius 1 is 1.00 bits per heavy atom. The zero-order valence-corrected chi connectivity index (χ0v) is 14.0. The van der Waals surface area contributed by atoms with E-state index in [1.165, 1.54) is 50.6 Å². The van der Waals surface area contributed by atoms with E-state index in [0.29, 0.717) is 5.54 Å². The van der Waals surface area contributed by atoms with Crippen molar-refractivity contribution in [3.63, 3.8) is 0 Å². The quantitative estimate of drug-likeness (QED) is 0.198. The number of hydrogen-bond acceptors (Lipinski definition) is 1. The van der Waals surface area contributed by atoms with Crippen molar-refractivity contribution in [2.75, 3.05) is 6.54 Å². The summed E-state index contributed by atoms with van der Waals surface area (Å²) in [5.41, 5.74) is 0.611. The Morgan fingerprint density at radius 3 is 2.17 bits per heavy atom. The van der Waals surface area contributed by atoms with E-state index in [0.717, 1.165) is 6.54 Å². The first-order valence-electron chi connectivity index (χ1n) is 7.92. The number of aliphatic imine (C=N–C) groups is 1. The number of rotatable bonds is 12. The zero-order chi connectivity index (χ0) is 13.6. The normalized spacial score (nSPS) is 13.3. The third kappa shape index (κ3) is 8.68. The average molecular weight is 268 g/mol. The fourth-order valence-corrected chi connectivity index (χ4v) is 4.80. The molecular weight excluding hydrogens is 234 g/mol. The van der Waals surface area contributed by atoms with Crippen LogP contribution in [0.1, 0.15) is 59.3 Å². The lowest BCUT2D eigenvalue weighted by Gasteiger charge is -2.15. The molecule has 1 nitrogen and oxygen atoms in total. The van der Waals surface area contributed by atoms with Gasteiger partial charge in [0.15, 0.2) is 0 Å². The van der Waals surface area contributed by atoms with Crippen molar-refractivity contribution in [2.45, 2.75) is 76.9 Å². The van der Waals surface area contributed by atoms with Crippen molar-refractivity contribution >= 4 is 15.0 Å². The van der Waals surface area contributed by atoms with Crippen LogP contribution >= 0.6 is 0 Å². The van der Waals surface area contributed by atoms with Gasteiger partial charge < -0.3 is 0 Å². The Bertz CT molecular complexity index is 209. The fourth-order valence-electron chi connectivity index (χ4n) is 2.39. The summed E-state index contributed by atoms with van der Waals surface area (Å²) in [6.45, 7) is 11.9. The van der Waals surface area contributed by atoms with Gasteiger partial charge in [-0.15, -0.1) is 6.58 Å². The van der Waals surface area contributed by atoms with Gasteiger partial charge in [-0.3, -0.25) is 4.99 Å². The van der Waals surface area contributed by atoms with Crippen molar-refractivity contribution in [2.24, 2.45) is 4.99 Å². The molecule has 0 aromatic carbocycles. The molecular formula is C16H33NSi. The second kappa shape index (κ2) is 13.1. The molecule has 0 radical (unpaired) electrons. The van der Waals surface area contributed by atoms with Crippen LogP contribution in [-0.4, -0.2) is 21.6 Å². The highest BCUT2D eigenvalue weighted by atomic mass is 28.3. The lowest BCUT2D eigenvalue weighted by atomic mass is 10.1. The summed E-state index contributed by atoms with van der Waals surface area (Å²) < 4.78 is 0. The molecule has 0 aromatic heterocycles. The minimum absolute atomic E-state index is 0.611. The van der Waals surface area contributed by atoms with E-state index in [1.807, 2.05) is 0 Å². The molecule has 0 saturated heterocycles. The second-order valence-electron chi connectivity index (χ2n) is 5.21. The van der Waals surface area contributed by atoms with Gasteiger partial charge in [-0.1, -0.05) is 71.0 Å². The van der Waals surface area contributed by atoms with Crippen LogP contribution in [0.15, 0.2) is 17.6 Å². The van der Waals surface area contributed by atoms with Crippen LogP contribution in [0.25, 0.3) is 0 Å². The Hall–Kier alpha value is -0.373. The van der Waals surface area contributed by atoms with Crippen molar-refractivity contribution in [3.05, 3.63) is 12.7 Å². The number of nitrogens with zero attached hydrogens (tertiary/aromatic N) is 1. The van der Waals surface area contributed by atoms with Gasteiger partial charge in [0, 0.05) is 18.3 Å². The molecule has 0 aliphatic carbocycles. The predicted octanol–water partition coefficient (Wildman–Crippen LogP) is 5.24. The average Bonchev–Trinajstić information content (AvgIpc) is 2.40. The molecule has 0 rings (SSSR count). The highest BCUT2D eigenvalue weighted by Crippen LogP contribution is 2.16. The molecule has 0 aliphatic rings. The van der Waals surface area contributed by atoms with Crippen LogP contribution in [0.5, 0.6) is 0 Å². The number of unbranched alkanes of at least 4 members (excludes halogenated alkanes) is 5. The van der Waals surface area contributed by atoms with Crippen LogP contribution < -0.4 is 0 Å². The van der Waals surface area contributed by atoms with Crippen molar-refractivity contribution in [1.29, 1.82) is 0 Å². The Balaban J connectivity index is 3.68. The second-order valence-corrected chi connectivity index (χ2v) is 9.14. The molecule has 18 heavy (non-hydrogen) atoms. The van der Waals surface area contributed by atoms with E-state index in [1.54, 1.807) is 0 Å². The summed E-state index contributed by atoms with van der Waals surface area (Å²) in [4.78, 5) is 4.62. The zero-order valence-electron chi connectivity index (χ0n) is 12.8. The third-order valence-corrected chi connectivity index (χ3v) is 7.41. The SMILES string of the molecule is C=CC(C=NCCCCCCCC)[SiH](CC)CC. The van der Waals surface area contributed by atoms with Gasteiger partial charge in [0.05, 0.1) is 8.80 Å². The van der Waals surface area contributed by atoms with Crippen LogP contribution in [-0.2, 0) is 0 Å². The van der Waals surface area contributed by atoms with Crippen LogP contribution in [0.3, 0.4) is 0 Å². The first-order valence-corrected chi connectivity index (χ1v) is 10.2. The smallest absolute Gasteiger partial charge is 0.0503 e. The molecule has 106 valence electrons. The monoisotopic (exact) mass is 267 g/mol. The number of allylic oxidation sites excluding steroid dienone is 1. The highest BCUT2D eigenvalue weighted by Gasteiger charge is 2.13. The summed E-state index contributed by atoms with van der Waals surface area (Å²) in [5, 5.41) is 0. The van der Waals surface area contributed by atoms with Gasteiger partial charge >= 0.3 is 0 Å². The molecule has 0 bridgehead atoms. The van der Waals surface area contributed by atoms with Crippen molar-refractivity contribution in [1.82, 2.24) is 0 Å². The maximum Gasteiger partial charge on any atom is 0.0503 e. The van der Waals surface area contributed by atoms with Gasteiger partial charge in [-0.2, -0.15) is 0 Å². The Labute approximate surface area is 116 Å². The molecule has 0 saturated carbocycles. The van der Waals surface area contributed by atoms with E-state index in [4.69, 9.17) is 0 Å². The maximum atomic E-state index is 4.62. The van der Waals surface area contributed by atoms with Crippen LogP contribution in [0.4, 0.5) is 0 Å². The van der Waals surface area contributed by atoms with E-state index >= 15 is 0 Å². The lowest BCUT2D eigenvalue weighted by Crippen LogP contribution is -2.17. The third-order valence-electron chi connectivity index (χ3n) is 3.78. The summed E-state index contributed by atoms with van der Waals surface area (Å²) in [6.07, 6.45) is 12.4. The highest BCUT2D eigenvalue weighted by molar-refractivity contribution is 6.64. The van der Waals surface area contributed by atoms with Crippen molar-refractivity contribution in [3.8, 4) is 0 Å². The van der Waals surface area contributed by atoms with Gasteiger partial charge in [0.1, 0.15) is 0 Å². The van der Waals surface area contributed by atoms with Gasteiger partial charge in [-0.25, -0.2) is 0 Å². The summed E-state index contributed by atoms with van der Waals surface area (Å²) in [6, 6.07) is 2.71.